The van der Waals surface area contributed by atoms with E-state index >= 15 is 0 Å². The molecule has 3 aromatic heterocycles. The summed E-state index contributed by atoms with van der Waals surface area (Å²) in [7, 11) is 2.07. The Kier molecular flexibility index (Phi) is 7.66. The fraction of sp³-hybridized carbons (Fsp3) is 0.304. The lowest BCUT2D eigenvalue weighted by atomic mass is 10.2. The Morgan fingerprint density at radius 1 is 1.03 bits per heavy atom. The normalized spacial score (nSPS) is 13.2. The number of rotatable bonds is 10. The van der Waals surface area contributed by atoms with Gasteiger partial charge in [-0.15, -0.1) is 10.2 Å². The molecule has 37 heavy (non-hydrogen) atoms. The van der Waals surface area contributed by atoms with Crippen molar-refractivity contribution in [1.82, 2.24) is 29.5 Å². The van der Waals surface area contributed by atoms with Crippen molar-refractivity contribution in [3.8, 4) is 28.7 Å². The van der Waals surface area contributed by atoms with E-state index in [1.165, 1.54) is 39.0 Å². The van der Waals surface area contributed by atoms with Gasteiger partial charge >= 0.3 is 0 Å². The van der Waals surface area contributed by atoms with E-state index in [0.29, 0.717) is 33.6 Å². The Balaban J connectivity index is 1.82. The van der Waals surface area contributed by atoms with Gasteiger partial charge in [0.25, 0.3) is 0 Å². The minimum atomic E-state index is -4.09. The summed E-state index contributed by atoms with van der Waals surface area (Å²) in [4.78, 5) is 4.22. The molecule has 0 saturated heterocycles. The summed E-state index contributed by atoms with van der Waals surface area (Å²) in [6, 6.07) is 10.1. The van der Waals surface area contributed by atoms with Crippen molar-refractivity contribution in [2.45, 2.75) is 18.3 Å². The van der Waals surface area contributed by atoms with E-state index in [0.717, 1.165) is 0 Å². The number of aryl methyl sites for hydroxylation is 1. The predicted molar refractivity (Wildman–Crippen MR) is 138 cm³/mol. The van der Waals surface area contributed by atoms with Crippen molar-refractivity contribution in [2.75, 3.05) is 26.1 Å². The smallest absolute Gasteiger partial charge is 0.243 e. The molecule has 12 nitrogen and oxygen atoms in total. The van der Waals surface area contributed by atoms with Crippen LogP contribution in [0.15, 0.2) is 48.8 Å². The molecule has 0 aliphatic heterocycles. The first-order valence-corrected chi connectivity index (χ1v) is 12.9. The minimum Gasteiger partial charge on any atom is -0.494 e. The first-order valence-electron chi connectivity index (χ1n) is 11.0. The number of sulfonamides is 1. The first-order chi connectivity index (χ1) is 17.7. The van der Waals surface area contributed by atoms with Crippen LogP contribution >= 0.6 is 11.6 Å². The van der Waals surface area contributed by atoms with Gasteiger partial charge in [0, 0.05) is 26.6 Å². The Morgan fingerprint density at radius 2 is 1.73 bits per heavy atom. The highest BCUT2D eigenvalue weighted by Crippen LogP contribution is 2.38. The molecule has 0 aliphatic rings. The molecule has 4 rings (SSSR count). The van der Waals surface area contributed by atoms with E-state index in [1.54, 1.807) is 54.3 Å². The van der Waals surface area contributed by atoms with Crippen LogP contribution in [-0.4, -0.2) is 64.5 Å². The van der Waals surface area contributed by atoms with Crippen molar-refractivity contribution >= 4 is 27.6 Å². The zero-order chi connectivity index (χ0) is 26.7. The second-order valence-corrected chi connectivity index (χ2v) is 10.5. The molecule has 14 heteroatoms. The molecule has 1 N–H and O–H groups in total. The number of nitrogens with one attached hydrogen (secondary N) is 1. The van der Waals surface area contributed by atoms with Crippen LogP contribution in [0.2, 0.25) is 5.02 Å². The molecule has 0 radical (unpaired) electrons. The van der Waals surface area contributed by atoms with Gasteiger partial charge in [0.1, 0.15) is 34.2 Å². The molecular weight excluding hydrogens is 522 g/mol. The highest BCUT2D eigenvalue weighted by molar-refractivity contribution is 7.93. The summed E-state index contributed by atoms with van der Waals surface area (Å²) in [5, 5.41) is 12.2. The quantitative estimate of drug-likeness (QED) is 0.317. The van der Waals surface area contributed by atoms with E-state index in [1.807, 2.05) is 0 Å². The SMILES string of the molecule is COc1cccc(OC)c1-n1c(NS(=O)(=O)[C@@H](C)[C@H](OC)c2ccc(Cl)cn2)nnc1-c1ccn(C)n1. The van der Waals surface area contributed by atoms with Gasteiger partial charge in [-0.3, -0.25) is 19.0 Å². The van der Waals surface area contributed by atoms with Gasteiger partial charge in [-0.1, -0.05) is 17.7 Å². The molecule has 4 aromatic rings. The second-order valence-electron chi connectivity index (χ2n) is 7.98. The second kappa shape index (κ2) is 10.7. The average Bonchev–Trinajstić information content (AvgIpc) is 3.50. The third-order valence-corrected chi connectivity index (χ3v) is 7.59. The maximum absolute atomic E-state index is 13.6. The molecule has 3 heterocycles. The highest BCUT2D eigenvalue weighted by atomic mass is 35.5. The van der Waals surface area contributed by atoms with E-state index in [4.69, 9.17) is 25.8 Å². The highest BCUT2D eigenvalue weighted by Gasteiger charge is 2.34. The van der Waals surface area contributed by atoms with Crippen molar-refractivity contribution in [3.05, 3.63) is 59.5 Å². The monoisotopic (exact) mass is 547 g/mol. The lowest BCUT2D eigenvalue weighted by Crippen LogP contribution is -2.33. The van der Waals surface area contributed by atoms with Crippen LogP contribution in [-0.2, 0) is 21.8 Å². The van der Waals surface area contributed by atoms with Crippen molar-refractivity contribution in [3.63, 3.8) is 0 Å². The number of anilines is 1. The van der Waals surface area contributed by atoms with Crippen molar-refractivity contribution in [1.29, 1.82) is 0 Å². The molecule has 1 aromatic carbocycles. The van der Waals surface area contributed by atoms with Crippen LogP contribution in [0, 0.1) is 0 Å². The summed E-state index contributed by atoms with van der Waals surface area (Å²) in [5.41, 5.74) is 1.26. The molecule has 0 amide bonds. The number of hydrogen-bond acceptors (Lipinski definition) is 9. The number of halogens is 1. The summed E-state index contributed by atoms with van der Waals surface area (Å²) < 4.78 is 49.4. The van der Waals surface area contributed by atoms with Gasteiger partial charge in [-0.25, -0.2) is 8.42 Å². The van der Waals surface area contributed by atoms with Crippen LogP contribution in [0.3, 0.4) is 0 Å². The van der Waals surface area contributed by atoms with Crippen LogP contribution in [0.25, 0.3) is 17.2 Å². The van der Waals surface area contributed by atoms with Crippen LogP contribution < -0.4 is 14.2 Å². The molecule has 0 aliphatic carbocycles. The van der Waals surface area contributed by atoms with E-state index < -0.39 is 21.4 Å². The Morgan fingerprint density at radius 3 is 2.27 bits per heavy atom. The molecule has 196 valence electrons. The lowest BCUT2D eigenvalue weighted by molar-refractivity contribution is 0.0989. The predicted octanol–water partition coefficient (Wildman–Crippen LogP) is 3.25. The standard InChI is InChI=1S/C23H26ClN7O5S/c1-14(21(36-5)16-10-9-15(24)13-25-16)37(32,33)29-23-27-26-22(17-11-12-30(2)28-17)31(23)20-18(34-3)7-6-8-19(20)35-4/h6-14,21H,1-5H3,(H,27,29)/t14-,21-/m0/s1. The summed E-state index contributed by atoms with van der Waals surface area (Å²) >= 11 is 5.94. The Bertz CT molecular complexity index is 1470. The van der Waals surface area contributed by atoms with Gasteiger partial charge in [0.2, 0.25) is 16.0 Å². The van der Waals surface area contributed by atoms with E-state index in [9.17, 15) is 8.42 Å². The summed E-state index contributed by atoms with van der Waals surface area (Å²) in [6.45, 7) is 1.51. The molecule has 0 saturated carbocycles. The molecular formula is C23H26ClN7O5S. The number of ether oxygens (including phenoxy) is 3. The lowest BCUT2D eigenvalue weighted by Gasteiger charge is -2.23. The van der Waals surface area contributed by atoms with Crippen LogP contribution in [0.5, 0.6) is 11.5 Å². The number of para-hydroxylation sites is 1. The first kappa shape index (κ1) is 26.4. The fourth-order valence-electron chi connectivity index (χ4n) is 3.81. The minimum absolute atomic E-state index is 0.0887. The summed E-state index contributed by atoms with van der Waals surface area (Å²) in [6.07, 6.45) is 2.28. The molecule has 0 fully saturated rings. The third kappa shape index (κ3) is 5.24. The maximum Gasteiger partial charge on any atom is 0.243 e. The van der Waals surface area contributed by atoms with Crippen LogP contribution in [0.1, 0.15) is 18.7 Å². The van der Waals surface area contributed by atoms with Gasteiger partial charge < -0.3 is 14.2 Å². The topological polar surface area (TPSA) is 135 Å². The van der Waals surface area contributed by atoms with Crippen molar-refractivity contribution < 1.29 is 22.6 Å². The zero-order valence-electron chi connectivity index (χ0n) is 20.8. The molecule has 0 spiro atoms. The van der Waals surface area contributed by atoms with Crippen LogP contribution in [0.4, 0.5) is 5.95 Å². The largest absolute Gasteiger partial charge is 0.494 e. The average molecular weight is 548 g/mol. The van der Waals surface area contributed by atoms with Gasteiger partial charge in [0.15, 0.2) is 5.82 Å². The number of pyridine rings is 1. The number of aromatic nitrogens is 6. The van der Waals surface area contributed by atoms with Gasteiger partial charge in [-0.2, -0.15) is 5.10 Å². The molecule has 0 bridgehead atoms. The number of nitrogens with zero attached hydrogens (tertiary/aromatic N) is 6. The number of methoxy groups -OCH3 is 3. The Labute approximate surface area is 219 Å². The van der Waals surface area contributed by atoms with E-state index in [-0.39, 0.29) is 11.8 Å². The number of hydrogen-bond donors (Lipinski definition) is 1. The van der Waals surface area contributed by atoms with Crippen molar-refractivity contribution in [2.24, 2.45) is 7.05 Å². The molecule has 0 unspecified atom stereocenters. The fourth-order valence-corrected chi connectivity index (χ4v) is 5.07. The number of benzene rings is 1. The van der Waals surface area contributed by atoms with Gasteiger partial charge in [-0.05, 0) is 37.3 Å². The van der Waals surface area contributed by atoms with Gasteiger partial charge in [0.05, 0.1) is 24.9 Å². The van der Waals surface area contributed by atoms with E-state index in [2.05, 4.69) is 25.0 Å². The Hall–Kier alpha value is -3.68. The maximum atomic E-state index is 13.6. The summed E-state index contributed by atoms with van der Waals surface area (Å²) in [5.74, 6) is 1.00. The molecule has 2 atom stereocenters. The third-order valence-electron chi connectivity index (χ3n) is 5.68. The zero-order valence-corrected chi connectivity index (χ0v) is 22.4.